The highest BCUT2D eigenvalue weighted by Crippen LogP contribution is 2.28. The molecule has 1 aromatic heterocycles. The minimum absolute atomic E-state index is 0.650. The zero-order valence-electron chi connectivity index (χ0n) is 20.1. The lowest BCUT2D eigenvalue weighted by Gasteiger charge is -2.12. The monoisotopic (exact) mass is 474 g/mol. The summed E-state index contributed by atoms with van der Waals surface area (Å²) in [5.41, 5.74) is 5.67. The van der Waals surface area contributed by atoms with Gasteiger partial charge in [0.15, 0.2) is 16.3 Å². The molecule has 6 heteroatoms. The van der Waals surface area contributed by atoms with Gasteiger partial charge in [-0.3, -0.25) is 0 Å². The lowest BCUT2D eigenvalue weighted by atomic mass is 10.1. The second kappa shape index (κ2) is 11.1. The number of hydrogen-bond acceptors (Lipinski definition) is 5. The van der Waals surface area contributed by atoms with Gasteiger partial charge < -0.3 is 18.8 Å². The first-order valence-electron chi connectivity index (χ1n) is 11.3. The zero-order valence-corrected chi connectivity index (χ0v) is 20.9. The average molecular weight is 475 g/mol. The van der Waals surface area contributed by atoms with Crippen molar-refractivity contribution in [2.45, 2.75) is 26.8 Å². The van der Waals surface area contributed by atoms with Crippen molar-refractivity contribution in [3.05, 3.63) is 88.0 Å². The molecule has 0 saturated carbocycles. The molecular formula is C28H30N2O3S. The maximum atomic E-state index is 5.57. The van der Waals surface area contributed by atoms with Crippen LogP contribution in [-0.4, -0.2) is 25.4 Å². The van der Waals surface area contributed by atoms with Crippen molar-refractivity contribution in [2.75, 3.05) is 20.8 Å². The van der Waals surface area contributed by atoms with Crippen molar-refractivity contribution >= 4 is 17.0 Å². The molecule has 3 aromatic carbocycles. The Bertz CT molecular complexity index is 1290. The number of hydrogen-bond donors (Lipinski definition) is 0. The molecule has 0 fully saturated rings. The standard InChI is InChI=1S/C28H30N2O3S/c1-5-33-24-13-11-23(12-14-24)29-28-30(25(19-34-28)22-9-6-20(2)7-10-22)17-16-21-8-15-26(31-3)27(18-21)32-4/h6-15,18-19H,5,16-17H2,1-4H3. The third-order valence-electron chi connectivity index (χ3n) is 5.59. The molecule has 0 atom stereocenters. The number of aryl methyl sites for hydroxylation is 2. The number of rotatable bonds is 9. The molecule has 0 spiro atoms. The summed E-state index contributed by atoms with van der Waals surface area (Å²) in [7, 11) is 3.32. The molecule has 34 heavy (non-hydrogen) atoms. The highest BCUT2D eigenvalue weighted by molar-refractivity contribution is 7.07. The Kier molecular flexibility index (Phi) is 7.70. The first-order valence-corrected chi connectivity index (χ1v) is 12.2. The lowest BCUT2D eigenvalue weighted by Crippen LogP contribution is -2.17. The molecule has 4 aromatic rings. The quantitative estimate of drug-likeness (QED) is 0.281. The molecule has 0 radical (unpaired) electrons. The van der Waals surface area contributed by atoms with Gasteiger partial charge in [-0.25, -0.2) is 4.99 Å². The second-order valence-electron chi connectivity index (χ2n) is 7.90. The summed E-state index contributed by atoms with van der Waals surface area (Å²) in [4.78, 5) is 5.92. The van der Waals surface area contributed by atoms with Crippen LogP contribution in [-0.2, 0) is 13.0 Å². The van der Waals surface area contributed by atoms with E-state index in [4.69, 9.17) is 19.2 Å². The van der Waals surface area contributed by atoms with Crippen LogP contribution >= 0.6 is 11.3 Å². The molecule has 0 bridgehead atoms. The van der Waals surface area contributed by atoms with E-state index in [-0.39, 0.29) is 0 Å². The Morgan fingerprint density at radius 1 is 0.882 bits per heavy atom. The van der Waals surface area contributed by atoms with Gasteiger partial charge >= 0.3 is 0 Å². The van der Waals surface area contributed by atoms with Gasteiger partial charge in [-0.05, 0) is 67.8 Å². The van der Waals surface area contributed by atoms with Gasteiger partial charge in [0.1, 0.15) is 5.75 Å². The molecule has 0 saturated heterocycles. The van der Waals surface area contributed by atoms with Crippen LogP contribution in [0.4, 0.5) is 5.69 Å². The van der Waals surface area contributed by atoms with Gasteiger partial charge in [-0.15, -0.1) is 11.3 Å². The van der Waals surface area contributed by atoms with Crippen LogP contribution in [0.15, 0.2) is 77.1 Å². The highest BCUT2D eigenvalue weighted by Gasteiger charge is 2.10. The van der Waals surface area contributed by atoms with Crippen LogP contribution in [0.5, 0.6) is 17.2 Å². The summed E-state index contributed by atoms with van der Waals surface area (Å²) in [6.07, 6.45) is 0.840. The Morgan fingerprint density at radius 2 is 1.62 bits per heavy atom. The Labute approximate surface area is 204 Å². The SMILES string of the molecule is CCOc1ccc(N=c2scc(-c3ccc(C)cc3)n2CCc2ccc(OC)c(OC)c2)cc1. The van der Waals surface area contributed by atoms with E-state index in [1.807, 2.05) is 43.3 Å². The third-order valence-corrected chi connectivity index (χ3v) is 6.45. The molecule has 0 amide bonds. The number of aromatic nitrogens is 1. The fourth-order valence-corrected chi connectivity index (χ4v) is 4.72. The smallest absolute Gasteiger partial charge is 0.190 e. The predicted octanol–water partition coefficient (Wildman–Crippen LogP) is 6.42. The Morgan fingerprint density at radius 3 is 2.29 bits per heavy atom. The highest BCUT2D eigenvalue weighted by atomic mass is 32.1. The molecule has 0 aliphatic heterocycles. The Balaban J connectivity index is 1.69. The molecule has 0 aliphatic rings. The maximum Gasteiger partial charge on any atom is 0.190 e. The zero-order chi connectivity index (χ0) is 23.9. The summed E-state index contributed by atoms with van der Waals surface area (Å²) in [6, 6.07) is 22.6. The molecule has 0 N–H and O–H groups in total. The lowest BCUT2D eigenvalue weighted by molar-refractivity contribution is 0.340. The minimum Gasteiger partial charge on any atom is -0.494 e. The largest absolute Gasteiger partial charge is 0.494 e. The van der Waals surface area contributed by atoms with Crippen molar-refractivity contribution in [3.8, 4) is 28.5 Å². The van der Waals surface area contributed by atoms with E-state index in [0.29, 0.717) is 6.61 Å². The van der Waals surface area contributed by atoms with Gasteiger partial charge in [-0.1, -0.05) is 35.9 Å². The van der Waals surface area contributed by atoms with Crippen molar-refractivity contribution in [3.63, 3.8) is 0 Å². The summed E-state index contributed by atoms with van der Waals surface area (Å²) >= 11 is 1.65. The average Bonchev–Trinajstić information content (AvgIpc) is 3.26. The summed E-state index contributed by atoms with van der Waals surface area (Å²) in [5, 5.41) is 2.19. The van der Waals surface area contributed by atoms with Gasteiger partial charge in [0.2, 0.25) is 0 Å². The first kappa shape index (κ1) is 23.6. The van der Waals surface area contributed by atoms with Gasteiger partial charge in [0, 0.05) is 11.9 Å². The minimum atomic E-state index is 0.650. The molecule has 5 nitrogen and oxygen atoms in total. The number of methoxy groups -OCH3 is 2. The Hall–Kier alpha value is -3.51. The van der Waals surface area contributed by atoms with E-state index in [1.165, 1.54) is 16.7 Å². The molecule has 4 rings (SSSR count). The molecule has 1 heterocycles. The van der Waals surface area contributed by atoms with E-state index in [0.717, 1.165) is 46.4 Å². The second-order valence-corrected chi connectivity index (χ2v) is 8.74. The van der Waals surface area contributed by atoms with E-state index in [9.17, 15) is 0 Å². The van der Waals surface area contributed by atoms with Crippen molar-refractivity contribution < 1.29 is 14.2 Å². The van der Waals surface area contributed by atoms with Crippen LogP contribution in [0, 0.1) is 6.92 Å². The summed E-state index contributed by atoms with van der Waals surface area (Å²) < 4.78 is 18.7. The number of ether oxygens (including phenoxy) is 3. The van der Waals surface area contributed by atoms with E-state index in [1.54, 1.807) is 25.6 Å². The number of nitrogens with zero attached hydrogens (tertiary/aromatic N) is 2. The van der Waals surface area contributed by atoms with Crippen LogP contribution in [0.3, 0.4) is 0 Å². The van der Waals surface area contributed by atoms with Crippen LogP contribution in [0.1, 0.15) is 18.1 Å². The topological polar surface area (TPSA) is 45.0 Å². The molecule has 0 aliphatic carbocycles. The predicted molar refractivity (Wildman–Crippen MR) is 139 cm³/mol. The van der Waals surface area contributed by atoms with Gasteiger partial charge in [0.25, 0.3) is 0 Å². The number of benzene rings is 3. The summed E-state index contributed by atoms with van der Waals surface area (Å²) in [6.45, 7) is 5.53. The van der Waals surface area contributed by atoms with Crippen molar-refractivity contribution in [1.29, 1.82) is 0 Å². The fraction of sp³-hybridized carbons (Fsp3) is 0.250. The normalized spacial score (nSPS) is 11.5. The van der Waals surface area contributed by atoms with Crippen LogP contribution in [0.2, 0.25) is 0 Å². The first-order chi connectivity index (χ1) is 16.6. The van der Waals surface area contributed by atoms with E-state index >= 15 is 0 Å². The van der Waals surface area contributed by atoms with Crippen molar-refractivity contribution in [2.24, 2.45) is 4.99 Å². The summed E-state index contributed by atoms with van der Waals surface area (Å²) in [5.74, 6) is 2.34. The van der Waals surface area contributed by atoms with E-state index in [2.05, 4.69) is 47.2 Å². The molecule has 176 valence electrons. The molecule has 0 unspecified atom stereocenters. The maximum absolute atomic E-state index is 5.57. The molecular weight excluding hydrogens is 444 g/mol. The number of thiazole rings is 1. The van der Waals surface area contributed by atoms with Crippen molar-refractivity contribution in [1.82, 2.24) is 4.57 Å². The van der Waals surface area contributed by atoms with E-state index < -0.39 is 0 Å². The fourth-order valence-electron chi connectivity index (χ4n) is 3.76. The van der Waals surface area contributed by atoms with Crippen LogP contribution in [0.25, 0.3) is 11.3 Å². The van der Waals surface area contributed by atoms with Gasteiger partial charge in [-0.2, -0.15) is 0 Å². The third kappa shape index (κ3) is 5.51. The van der Waals surface area contributed by atoms with Gasteiger partial charge in [0.05, 0.1) is 32.2 Å². The van der Waals surface area contributed by atoms with Crippen LogP contribution < -0.4 is 19.0 Å².